The number of fused-ring (bicyclic) bond motifs is 3. The maximum absolute atomic E-state index is 13.9. The molecular formula is C24H29FO. The molecule has 2 aliphatic rings. The standard InChI is InChI=1S/C24H29FO/c1-2-12-23(26)13-14-24(16-18-6-4-3-5-7-18)20(17-23)9-8-19-15-21(25)10-11-22(19)24/h3-7,10-11,15,20,26H,2,8-9,12-14,16-17H2,1H3/t20-,23?,24-/m0/s1. The van der Waals surface area contributed by atoms with Crippen LogP contribution < -0.4 is 0 Å². The highest BCUT2D eigenvalue weighted by molar-refractivity contribution is 5.41. The second-order valence-electron chi connectivity index (χ2n) is 8.53. The molecule has 3 atom stereocenters. The third-order valence-electron chi connectivity index (χ3n) is 6.89. The summed E-state index contributed by atoms with van der Waals surface area (Å²) >= 11 is 0. The minimum atomic E-state index is -0.517. The van der Waals surface area contributed by atoms with Crippen molar-refractivity contribution in [2.45, 2.75) is 69.3 Å². The molecule has 4 rings (SSSR count). The Balaban J connectivity index is 1.76. The zero-order valence-corrected chi connectivity index (χ0v) is 15.7. The van der Waals surface area contributed by atoms with Gasteiger partial charge in [-0.05, 0) is 79.7 Å². The van der Waals surface area contributed by atoms with Crippen LogP contribution in [0.25, 0.3) is 0 Å². The van der Waals surface area contributed by atoms with Crippen molar-refractivity contribution in [3.8, 4) is 0 Å². The summed E-state index contributed by atoms with van der Waals surface area (Å²) in [4.78, 5) is 0. The smallest absolute Gasteiger partial charge is 0.123 e. The van der Waals surface area contributed by atoms with Crippen LogP contribution in [0.5, 0.6) is 0 Å². The first-order valence-corrected chi connectivity index (χ1v) is 10.1. The summed E-state index contributed by atoms with van der Waals surface area (Å²) in [5.74, 6) is 0.335. The average Bonchev–Trinajstić information content (AvgIpc) is 2.63. The Bertz CT molecular complexity index is 771. The van der Waals surface area contributed by atoms with E-state index in [0.29, 0.717) is 5.92 Å². The van der Waals surface area contributed by atoms with Crippen molar-refractivity contribution in [1.82, 2.24) is 0 Å². The highest BCUT2D eigenvalue weighted by Crippen LogP contribution is 2.55. The first-order chi connectivity index (χ1) is 12.5. The number of aryl methyl sites for hydroxylation is 1. The molecule has 1 fully saturated rings. The van der Waals surface area contributed by atoms with Crippen molar-refractivity contribution >= 4 is 0 Å². The van der Waals surface area contributed by atoms with Crippen molar-refractivity contribution in [2.75, 3.05) is 0 Å². The summed E-state index contributed by atoms with van der Waals surface area (Å²) in [5.41, 5.74) is 3.37. The van der Waals surface area contributed by atoms with Crippen LogP contribution in [0.2, 0.25) is 0 Å². The number of hydrogen-bond acceptors (Lipinski definition) is 1. The topological polar surface area (TPSA) is 20.2 Å². The highest BCUT2D eigenvalue weighted by atomic mass is 19.1. The van der Waals surface area contributed by atoms with E-state index in [1.54, 1.807) is 12.1 Å². The van der Waals surface area contributed by atoms with Crippen LogP contribution in [-0.2, 0) is 18.3 Å². The summed E-state index contributed by atoms with van der Waals surface area (Å²) in [6, 6.07) is 16.1. The minimum absolute atomic E-state index is 0.0304. The molecule has 1 unspecified atom stereocenters. The quantitative estimate of drug-likeness (QED) is 0.761. The molecule has 0 saturated heterocycles. The van der Waals surface area contributed by atoms with E-state index < -0.39 is 5.60 Å². The monoisotopic (exact) mass is 352 g/mol. The van der Waals surface area contributed by atoms with E-state index in [1.165, 1.54) is 16.7 Å². The Morgan fingerprint density at radius 2 is 1.92 bits per heavy atom. The normalized spacial score (nSPS) is 30.5. The number of rotatable bonds is 4. The Hall–Kier alpha value is -1.67. The summed E-state index contributed by atoms with van der Waals surface area (Å²) in [5, 5.41) is 11.1. The summed E-state index contributed by atoms with van der Waals surface area (Å²) in [6.45, 7) is 2.16. The molecule has 0 aromatic heterocycles. The Kier molecular flexibility index (Phi) is 4.64. The third-order valence-corrected chi connectivity index (χ3v) is 6.89. The summed E-state index contributed by atoms with van der Waals surface area (Å²) < 4.78 is 13.9. The molecular weight excluding hydrogens is 323 g/mol. The van der Waals surface area contributed by atoms with E-state index >= 15 is 0 Å². The predicted molar refractivity (Wildman–Crippen MR) is 104 cm³/mol. The fraction of sp³-hybridized carbons (Fsp3) is 0.500. The van der Waals surface area contributed by atoms with Gasteiger partial charge in [0, 0.05) is 5.41 Å². The van der Waals surface area contributed by atoms with Crippen LogP contribution in [0.1, 0.15) is 62.1 Å². The van der Waals surface area contributed by atoms with Gasteiger partial charge in [0.15, 0.2) is 0 Å². The highest BCUT2D eigenvalue weighted by Gasteiger charge is 2.51. The van der Waals surface area contributed by atoms with E-state index in [0.717, 1.165) is 51.4 Å². The first-order valence-electron chi connectivity index (χ1n) is 10.1. The van der Waals surface area contributed by atoms with Gasteiger partial charge in [-0.2, -0.15) is 0 Å². The van der Waals surface area contributed by atoms with Crippen LogP contribution in [0.3, 0.4) is 0 Å². The van der Waals surface area contributed by atoms with Gasteiger partial charge in [-0.25, -0.2) is 4.39 Å². The number of aliphatic hydroxyl groups is 1. The molecule has 2 aliphatic carbocycles. The molecule has 0 bridgehead atoms. The van der Waals surface area contributed by atoms with Gasteiger partial charge < -0.3 is 5.11 Å². The van der Waals surface area contributed by atoms with Gasteiger partial charge in [-0.3, -0.25) is 0 Å². The minimum Gasteiger partial charge on any atom is -0.390 e. The molecule has 26 heavy (non-hydrogen) atoms. The molecule has 0 radical (unpaired) electrons. The summed E-state index contributed by atoms with van der Waals surface area (Å²) in [7, 11) is 0. The van der Waals surface area contributed by atoms with Gasteiger partial charge in [0.25, 0.3) is 0 Å². The molecule has 1 nitrogen and oxygen atoms in total. The first kappa shape index (κ1) is 17.7. The van der Waals surface area contributed by atoms with Crippen LogP contribution in [0.4, 0.5) is 4.39 Å². The lowest BCUT2D eigenvalue weighted by atomic mass is 9.52. The fourth-order valence-electron chi connectivity index (χ4n) is 5.71. The predicted octanol–water partition coefficient (Wildman–Crippen LogP) is 5.58. The van der Waals surface area contributed by atoms with E-state index in [2.05, 4.69) is 37.3 Å². The number of hydrogen-bond donors (Lipinski definition) is 1. The maximum Gasteiger partial charge on any atom is 0.123 e. The fourth-order valence-corrected chi connectivity index (χ4v) is 5.71. The molecule has 0 amide bonds. The largest absolute Gasteiger partial charge is 0.390 e. The molecule has 0 spiro atoms. The van der Waals surface area contributed by atoms with Crippen molar-refractivity contribution in [1.29, 1.82) is 0 Å². The van der Waals surface area contributed by atoms with Crippen LogP contribution in [0.15, 0.2) is 48.5 Å². The zero-order valence-electron chi connectivity index (χ0n) is 15.7. The Morgan fingerprint density at radius 3 is 2.69 bits per heavy atom. The lowest BCUT2D eigenvalue weighted by Gasteiger charge is -2.53. The Morgan fingerprint density at radius 1 is 1.12 bits per heavy atom. The molecule has 138 valence electrons. The van der Waals surface area contributed by atoms with Gasteiger partial charge in [0.1, 0.15) is 5.82 Å². The molecule has 1 N–H and O–H groups in total. The van der Waals surface area contributed by atoms with E-state index in [-0.39, 0.29) is 11.2 Å². The van der Waals surface area contributed by atoms with Gasteiger partial charge in [0.2, 0.25) is 0 Å². The lowest BCUT2D eigenvalue weighted by molar-refractivity contribution is -0.0565. The SMILES string of the molecule is CCCC1(O)CC[C@@]2(Cc3ccccc3)c3ccc(F)cc3CC[C@H]2C1. The van der Waals surface area contributed by atoms with E-state index in [9.17, 15) is 9.50 Å². The average molecular weight is 352 g/mol. The van der Waals surface area contributed by atoms with Gasteiger partial charge >= 0.3 is 0 Å². The third kappa shape index (κ3) is 3.09. The zero-order chi connectivity index (χ0) is 18.2. The molecule has 2 heteroatoms. The Labute approximate surface area is 156 Å². The van der Waals surface area contributed by atoms with Gasteiger partial charge in [0.05, 0.1) is 5.60 Å². The second-order valence-corrected chi connectivity index (χ2v) is 8.53. The molecule has 0 heterocycles. The molecule has 1 saturated carbocycles. The lowest BCUT2D eigenvalue weighted by Crippen LogP contribution is -2.51. The van der Waals surface area contributed by atoms with Gasteiger partial charge in [-0.15, -0.1) is 0 Å². The molecule has 0 aliphatic heterocycles. The van der Waals surface area contributed by atoms with Gasteiger partial charge in [-0.1, -0.05) is 49.7 Å². The number of benzene rings is 2. The van der Waals surface area contributed by atoms with Crippen molar-refractivity contribution in [3.63, 3.8) is 0 Å². The second kappa shape index (κ2) is 6.81. The van der Waals surface area contributed by atoms with Crippen molar-refractivity contribution in [2.24, 2.45) is 5.92 Å². The van der Waals surface area contributed by atoms with Crippen molar-refractivity contribution in [3.05, 3.63) is 71.0 Å². The maximum atomic E-state index is 13.9. The van der Waals surface area contributed by atoms with E-state index in [4.69, 9.17) is 0 Å². The number of halogens is 1. The van der Waals surface area contributed by atoms with Crippen molar-refractivity contribution < 1.29 is 9.50 Å². The van der Waals surface area contributed by atoms with Crippen LogP contribution in [-0.4, -0.2) is 10.7 Å². The molecule has 2 aromatic carbocycles. The van der Waals surface area contributed by atoms with Crippen LogP contribution >= 0.6 is 0 Å². The van der Waals surface area contributed by atoms with E-state index in [1.807, 2.05) is 6.07 Å². The summed E-state index contributed by atoms with van der Waals surface area (Å²) in [6.07, 6.45) is 7.59. The molecule has 2 aromatic rings. The van der Waals surface area contributed by atoms with Crippen LogP contribution in [0, 0.1) is 11.7 Å².